The predicted molar refractivity (Wildman–Crippen MR) is 126 cm³/mol. The second-order valence-electron chi connectivity index (χ2n) is 7.76. The van der Waals surface area contributed by atoms with Crippen LogP contribution in [-0.4, -0.2) is 35.0 Å². The minimum atomic E-state index is -0.714. The molecule has 0 saturated heterocycles. The number of anilines is 1. The van der Waals surface area contributed by atoms with Gasteiger partial charge in [0.25, 0.3) is 0 Å². The number of hydrogen-bond acceptors (Lipinski definition) is 3. The van der Waals surface area contributed by atoms with Crippen molar-refractivity contribution in [1.29, 1.82) is 0 Å². The average Bonchev–Trinajstić information content (AvgIpc) is 3.20. The highest BCUT2D eigenvalue weighted by Gasteiger charge is 2.25. The lowest BCUT2D eigenvalue weighted by molar-refractivity contribution is -0.127. The van der Waals surface area contributed by atoms with Crippen molar-refractivity contribution in [3.8, 4) is 5.75 Å². The summed E-state index contributed by atoms with van der Waals surface area (Å²) in [6, 6.07) is 23.3. The van der Waals surface area contributed by atoms with Gasteiger partial charge in [-0.15, -0.1) is 0 Å². The van der Waals surface area contributed by atoms with Crippen LogP contribution in [0.25, 0.3) is 10.9 Å². The van der Waals surface area contributed by atoms with Crippen molar-refractivity contribution in [3.63, 3.8) is 0 Å². The summed E-state index contributed by atoms with van der Waals surface area (Å²) in [6.07, 6.45) is 2.24. The number of likely N-dealkylation sites (N-methyl/N-ethyl adjacent to an activating group) is 1. The van der Waals surface area contributed by atoms with Gasteiger partial charge in [-0.05, 0) is 41.5 Å². The van der Waals surface area contributed by atoms with Gasteiger partial charge in [0.2, 0.25) is 11.8 Å². The standard InChI is InChI=1S/C26H25N3O3/c1-29(20-10-6-3-7-11-20)26(32)24(14-18-8-4-2-5-9-18)28-25(31)15-19-17-27-23-13-12-21(30)16-22(19)23/h2-13,16-17,24,27,30H,14-15H2,1H3,(H,28,31)/t24-/m0/s1. The van der Waals surface area contributed by atoms with Gasteiger partial charge in [0, 0.05) is 36.3 Å². The van der Waals surface area contributed by atoms with Gasteiger partial charge in [0.1, 0.15) is 11.8 Å². The highest BCUT2D eigenvalue weighted by Crippen LogP contribution is 2.23. The Kier molecular flexibility index (Phi) is 6.22. The average molecular weight is 428 g/mol. The molecule has 0 bridgehead atoms. The smallest absolute Gasteiger partial charge is 0.249 e. The number of fused-ring (bicyclic) bond motifs is 1. The van der Waals surface area contributed by atoms with E-state index in [-0.39, 0.29) is 24.0 Å². The van der Waals surface area contributed by atoms with Crippen LogP contribution in [0.5, 0.6) is 5.75 Å². The highest BCUT2D eigenvalue weighted by molar-refractivity contribution is 5.99. The van der Waals surface area contributed by atoms with E-state index in [9.17, 15) is 14.7 Å². The van der Waals surface area contributed by atoms with Gasteiger partial charge in [-0.3, -0.25) is 9.59 Å². The lowest BCUT2D eigenvalue weighted by Crippen LogP contribution is -2.49. The summed E-state index contributed by atoms with van der Waals surface area (Å²) in [5.74, 6) is -0.310. The largest absolute Gasteiger partial charge is 0.508 e. The van der Waals surface area contributed by atoms with E-state index in [0.717, 1.165) is 27.7 Å². The van der Waals surface area contributed by atoms with Crippen LogP contribution in [0.15, 0.2) is 85.1 Å². The first kappa shape index (κ1) is 21.2. The van der Waals surface area contributed by atoms with Gasteiger partial charge in [-0.1, -0.05) is 48.5 Å². The number of para-hydroxylation sites is 1. The predicted octanol–water partition coefficient (Wildman–Crippen LogP) is 3.81. The van der Waals surface area contributed by atoms with E-state index < -0.39 is 6.04 Å². The van der Waals surface area contributed by atoms with Crippen LogP contribution in [-0.2, 0) is 22.4 Å². The summed E-state index contributed by atoms with van der Waals surface area (Å²) in [5, 5.41) is 13.5. The number of phenolic OH excluding ortho intramolecular Hbond substituents is 1. The summed E-state index contributed by atoms with van der Waals surface area (Å²) < 4.78 is 0. The molecule has 0 aliphatic carbocycles. The first-order chi connectivity index (χ1) is 15.5. The van der Waals surface area contributed by atoms with Crippen LogP contribution in [0.4, 0.5) is 5.69 Å². The summed E-state index contributed by atoms with van der Waals surface area (Å²) in [5.41, 5.74) is 3.32. The van der Waals surface area contributed by atoms with Gasteiger partial charge < -0.3 is 20.3 Å². The summed E-state index contributed by atoms with van der Waals surface area (Å²) >= 11 is 0. The fourth-order valence-corrected chi connectivity index (χ4v) is 3.79. The van der Waals surface area contributed by atoms with Crippen molar-refractivity contribution in [2.45, 2.75) is 18.9 Å². The third-order valence-corrected chi connectivity index (χ3v) is 5.49. The summed E-state index contributed by atoms with van der Waals surface area (Å²) in [6.45, 7) is 0. The molecule has 0 aliphatic heterocycles. The zero-order valence-electron chi connectivity index (χ0n) is 17.8. The third kappa shape index (κ3) is 4.81. The molecule has 6 heteroatoms. The Morgan fingerprint density at radius 3 is 2.41 bits per heavy atom. The molecule has 162 valence electrons. The van der Waals surface area contributed by atoms with E-state index in [0.29, 0.717) is 6.42 Å². The lowest BCUT2D eigenvalue weighted by atomic mass is 10.0. The molecule has 2 amide bonds. The van der Waals surface area contributed by atoms with E-state index in [1.807, 2.05) is 60.7 Å². The van der Waals surface area contributed by atoms with E-state index >= 15 is 0 Å². The second-order valence-corrected chi connectivity index (χ2v) is 7.76. The lowest BCUT2D eigenvalue weighted by Gasteiger charge is -2.25. The first-order valence-corrected chi connectivity index (χ1v) is 10.5. The minimum Gasteiger partial charge on any atom is -0.508 e. The summed E-state index contributed by atoms with van der Waals surface area (Å²) in [4.78, 5) is 30.9. The Labute approximate surface area is 186 Å². The SMILES string of the molecule is CN(C(=O)[C@H](Cc1ccccc1)NC(=O)Cc1c[nH]c2ccc(O)cc12)c1ccccc1. The molecule has 1 atom stereocenters. The molecule has 3 aromatic carbocycles. The molecule has 0 unspecified atom stereocenters. The van der Waals surface area contributed by atoms with Gasteiger partial charge >= 0.3 is 0 Å². The minimum absolute atomic E-state index is 0.0943. The van der Waals surface area contributed by atoms with Crippen molar-refractivity contribution >= 4 is 28.4 Å². The number of benzene rings is 3. The fraction of sp³-hybridized carbons (Fsp3) is 0.154. The second kappa shape index (κ2) is 9.39. The van der Waals surface area contributed by atoms with Crippen molar-refractivity contribution in [2.75, 3.05) is 11.9 Å². The molecule has 4 aromatic rings. The van der Waals surface area contributed by atoms with Crippen molar-refractivity contribution in [3.05, 3.63) is 96.2 Å². The van der Waals surface area contributed by atoms with Crippen molar-refractivity contribution in [2.24, 2.45) is 0 Å². The van der Waals surface area contributed by atoms with Gasteiger partial charge in [0.15, 0.2) is 0 Å². The molecule has 0 saturated carbocycles. The molecule has 0 spiro atoms. The molecule has 4 rings (SSSR count). The molecular formula is C26H25N3O3. The van der Waals surface area contributed by atoms with E-state index in [1.54, 1.807) is 36.3 Å². The van der Waals surface area contributed by atoms with Crippen LogP contribution in [0.3, 0.4) is 0 Å². The summed E-state index contributed by atoms with van der Waals surface area (Å²) in [7, 11) is 1.71. The number of aromatic amines is 1. The number of aromatic hydroxyl groups is 1. The molecule has 6 nitrogen and oxygen atoms in total. The van der Waals surface area contributed by atoms with Crippen LogP contribution in [0.1, 0.15) is 11.1 Å². The van der Waals surface area contributed by atoms with Crippen molar-refractivity contribution < 1.29 is 14.7 Å². The Morgan fingerprint density at radius 1 is 1.00 bits per heavy atom. The molecule has 1 aromatic heterocycles. The van der Waals surface area contributed by atoms with Crippen LogP contribution in [0.2, 0.25) is 0 Å². The van der Waals surface area contributed by atoms with Crippen LogP contribution < -0.4 is 10.2 Å². The number of carbonyl (C=O) groups is 2. The zero-order chi connectivity index (χ0) is 22.5. The van der Waals surface area contributed by atoms with Gasteiger partial charge in [-0.2, -0.15) is 0 Å². The van der Waals surface area contributed by atoms with E-state index in [4.69, 9.17) is 0 Å². The quantitative estimate of drug-likeness (QED) is 0.419. The number of carbonyl (C=O) groups excluding carboxylic acids is 2. The van der Waals surface area contributed by atoms with Gasteiger partial charge in [0.05, 0.1) is 6.42 Å². The number of phenols is 1. The van der Waals surface area contributed by atoms with E-state index in [1.165, 1.54) is 0 Å². The maximum atomic E-state index is 13.3. The maximum absolute atomic E-state index is 13.3. The normalized spacial score (nSPS) is 11.8. The van der Waals surface area contributed by atoms with Crippen LogP contribution in [0, 0.1) is 0 Å². The van der Waals surface area contributed by atoms with Crippen molar-refractivity contribution in [1.82, 2.24) is 10.3 Å². The number of rotatable bonds is 7. The molecular weight excluding hydrogens is 402 g/mol. The van der Waals surface area contributed by atoms with E-state index in [2.05, 4.69) is 10.3 Å². The number of amides is 2. The molecule has 0 radical (unpaired) electrons. The Bertz CT molecular complexity index is 1220. The Hall–Kier alpha value is -4.06. The third-order valence-electron chi connectivity index (χ3n) is 5.49. The number of hydrogen-bond donors (Lipinski definition) is 3. The zero-order valence-corrected chi connectivity index (χ0v) is 17.8. The monoisotopic (exact) mass is 427 g/mol. The number of nitrogens with one attached hydrogen (secondary N) is 2. The maximum Gasteiger partial charge on any atom is 0.249 e. The Morgan fingerprint density at radius 2 is 1.69 bits per heavy atom. The molecule has 1 heterocycles. The van der Waals surface area contributed by atoms with Crippen LogP contribution >= 0.6 is 0 Å². The number of H-pyrrole nitrogens is 1. The number of aromatic nitrogens is 1. The molecule has 0 fully saturated rings. The topological polar surface area (TPSA) is 85.4 Å². The first-order valence-electron chi connectivity index (χ1n) is 10.5. The fourth-order valence-electron chi connectivity index (χ4n) is 3.79. The Balaban J connectivity index is 1.54. The molecule has 32 heavy (non-hydrogen) atoms. The molecule has 0 aliphatic rings. The van der Waals surface area contributed by atoms with Gasteiger partial charge in [-0.25, -0.2) is 0 Å². The molecule has 3 N–H and O–H groups in total. The highest BCUT2D eigenvalue weighted by atomic mass is 16.3. The number of nitrogens with zero attached hydrogens (tertiary/aromatic N) is 1.